The third-order valence-corrected chi connectivity index (χ3v) is 4.74. The summed E-state index contributed by atoms with van der Waals surface area (Å²) in [6, 6.07) is 9.24. The molecule has 0 saturated carbocycles. The van der Waals surface area contributed by atoms with Crippen LogP contribution in [0.4, 0.5) is 16.2 Å². The molecular weight excluding hydrogens is 310 g/mol. The number of hydrogen-bond donors (Lipinski definition) is 3. The third kappa shape index (κ3) is 4.46. The molecule has 23 heavy (non-hydrogen) atoms. The van der Waals surface area contributed by atoms with Gasteiger partial charge in [-0.1, -0.05) is 6.07 Å². The Morgan fingerprint density at radius 1 is 1.35 bits per heavy atom. The Hall–Kier alpha value is -2.05. The summed E-state index contributed by atoms with van der Waals surface area (Å²) in [5.41, 5.74) is 1.74. The summed E-state index contributed by atoms with van der Waals surface area (Å²) >= 11 is 1.47. The van der Waals surface area contributed by atoms with Crippen molar-refractivity contribution in [2.24, 2.45) is 0 Å². The monoisotopic (exact) mass is 333 g/mol. The highest BCUT2D eigenvalue weighted by atomic mass is 32.1. The Bertz CT molecular complexity index is 666. The molecule has 2 aromatic rings. The molecule has 5 nitrogen and oxygen atoms in total. The maximum absolute atomic E-state index is 12.1. The first-order chi connectivity index (χ1) is 10.8. The summed E-state index contributed by atoms with van der Waals surface area (Å²) in [5.74, 6) is 0. The molecule has 0 bridgehead atoms. The normalized spacial score (nSPS) is 13.3. The quantitative estimate of drug-likeness (QED) is 0.787. The molecule has 0 radical (unpaired) electrons. The van der Waals surface area contributed by atoms with Crippen LogP contribution in [0.15, 0.2) is 35.7 Å². The predicted molar refractivity (Wildman–Crippen MR) is 96.4 cm³/mol. The van der Waals surface area contributed by atoms with E-state index in [0.717, 1.165) is 21.8 Å². The lowest BCUT2D eigenvalue weighted by atomic mass is 10.1. The summed E-state index contributed by atoms with van der Waals surface area (Å²) in [7, 11) is 3.95. The first-order valence-electron chi connectivity index (χ1n) is 7.39. The fourth-order valence-corrected chi connectivity index (χ4v) is 2.94. The van der Waals surface area contributed by atoms with Crippen LogP contribution < -0.4 is 15.5 Å². The highest BCUT2D eigenvalue weighted by Gasteiger charge is 2.24. The van der Waals surface area contributed by atoms with Gasteiger partial charge in [0, 0.05) is 30.3 Å². The Morgan fingerprint density at radius 3 is 2.65 bits per heavy atom. The van der Waals surface area contributed by atoms with Crippen molar-refractivity contribution < 1.29 is 9.90 Å². The fourth-order valence-electron chi connectivity index (χ4n) is 2.16. The van der Waals surface area contributed by atoms with Crippen LogP contribution in [0, 0.1) is 6.92 Å². The first kappa shape index (κ1) is 17.3. The minimum absolute atomic E-state index is 0.147. The molecule has 1 unspecified atom stereocenters. The van der Waals surface area contributed by atoms with Crippen LogP contribution in [-0.2, 0) is 5.60 Å². The second kappa shape index (κ2) is 7.02. The molecule has 1 aromatic carbocycles. The number of rotatable bonds is 5. The number of urea groups is 1. The van der Waals surface area contributed by atoms with Crippen LogP contribution in [-0.4, -0.2) is 31.8 Å². The van der Waals surface area contributed by atoms with E-state index in [1.807, 2.05) is 61.6 Å². The highest BCUT2D eigenvalue weighted by Crippen LogP contribution is 2.24. The average molecular weight is 333 g/mol. The van der Waals surface area contributed by atoms with Gasteiger partial charge in [0.05, 0.1) is 6.54 Å². The molecule has 1 atom stereocenters. The zero-order valence-electron chi connectivity index (χ0n) is 13.9. The number of carbonyl (C=O) groups excluding carboxylic acids is 1. The van der Waals surface area contributed by atoms with Crippen LogP contribution in [0.5, 0.6) is 0 Å². The van der Waals surface area contributed by atoms with Crippen molar-refractivity contribution >= 4 is 28.7 Å². The highest BCUT2D eigenvalue weighted by molar-refractivity contribution is 7.10. The van der Waals surface area contributed by atoms with Crippen molar-refractivity contribution in [3.05, 3.63) is 46.2 Å². The zero-order chi connectivity index (χ0) is 17.0. The van der Waals surface area contributed by atoms with Gasteiger partial charge in [-0.25, -0.2) is 4.79 Å². The van der Waals surface area contributed by atoms with Crippen LogP contribution in [0.3, 0.4) is 0 Å². The molecule has 0 saturated heterocycles. The molecule has 0 aliphatic carbocycles. The third-order valence-electron chi connectivity index (χ3n) is 3.62. The molecule has 0 fully saturated rings. The molecule has 3 N–H and O–H groups in total. The number of anilines is 2. The average Bonchev–Trinajstić information content (AvgIpc) is 3.02. The largest absolute Gasteiger partial charge is 0.383 e. The molecule has 6 heteroatoms. The number of benzene rings is 1. The van der Waals surface area contributed by atoms with Crippen molar-refractivity contribution in [2.75, 3.05) is 30.9 Å². The van der Waals surface area contributed by atoms with Gasteiger partial charge in [0.15, 0.2) is 0 Å². The summed E-state index contributed by atoms with van der Waals surface area (Å²) in [6.45, 7) is 3.79. The van der Waals surface area contributed by atoms with E-state index in [1.54, 1.807) is 6.92 Å². The molecule has 0 spiro atoms. The summed E-state index contributed by atoms with van der Waals surface area (Å²) < 4.78 is 0. The Balaban J connectivity index is 1.95. The number of carbonyl (C=O) groups is 1. The van der Waals surface area contributed by atoms with Crippen LogP contribution in [0.25, 0.3) is 0 Å². The lowest BCUT2D eigenvalue weighted by Crippen LogP contribution is -2.40. The SMILES string of the molecule is Cc1cc(N(C)C)ccc1NC(=O)NCC(C)(O)c1cccs1. The second-order valence-corrected chi connectivity index (χ2v) is 6.90. The minimum atomic E-state index is -1.07. The molecular formula is C17H23N3O2S. The predicted octanol–water partition coefficient (Wildman–Crippen LogP) is 3.15. The molecule has 2 amide bonds. The van der Waals surface area contributed by atoms with E-state index in [1.165, 1.54) is 11.3 Å². The van der Waals surface area contributed by atoms with Crippen molar-refractivity contribution in [2.45, 2.75) is 19.4 Å². The maximum Gasteiger partial charge on any atom is 0.319 e. The molecule has 124 valence electrons. The van der Waals surface area contributed by atoms with E-state index < -0.39 is 5.60 Å². The lowest BCUT2D eigenvalue weighted by molar-refractivity contribution is 0.0637. The van der Waals surface area contributed by atoms with Gasteiger partial charge in [-0.3, -0.25) is 0 Å². The lowest BCUT2D eigenvalue weighted by Gasteiger charge is -2.22. The summed E-state index contributed by atoms with van der Waals surface area (Å²) in [4.78, 5) is 14.9. The zero-order valence-corrected chi connectivity index (χ0v) is 14.7. The Morgan fingerprint density at radius 2 is 2.09 bits per heavy atom. The molecule has 2 rings (SSSR count). The summed E-state index contributed by atoms with van der Waals surface area (Å²) in [6.07, 6.45) is 0. The number of aliphatic hydroxyl groups is 1. The van der Waals surface area contributed by atoms with Crippen LogP contribution in [0.1, 0.15) is 17.4 Å². The molecule has 1 heterocycles. The van der Waals surface area contributed by atoms with E-state index in [2.05, 4.69) is 10.6 Å². The van der Waals surface area contributed by atoms with Gasteiger partial charge in [-0.15, -0.1) is 11.3 Å². The summed E-state index contributed by atoms with van der Waals surface area (Å²) in [5, 5.41) is 17.8. The van der Waals surface area contributed by atoms with Gasteiger partial charge in [-0.05, 0) is 49.1 Å². The van der Waals surface area contributed by atoms with Gasteiger partial charge in [0.2, 0.25) is 0 Å². The van der Waals surface area contributed by atoms with Crippen LogP contribution >= 0.6 is 11.3 Å². The van der Waals surface area contributed by atoms with Crippen molar-refractivity contribution in [1.82, 2.24) is 5.32 Å². The first-order valence-corrected chi connectivity index (χ1v) is 8.27. The van der Waals surface area contributed by atoms with Gasteiger partial charge >= 0.3 is 6.03 Å². The number of hydrogen-bond acceptors (Lipinski definition) is 4. The number of amides is 2. The fraction of sp³-hybridized carbons (Fsp3) is 0.353. The van der Waals surface area contributed by atoms with Crippen molar-refractivity contribution in [3.8, 4) is 0 Å². The molecule has 0 aliphatic rings. The maximum atomic E-state index is 12.1. The van der Waals surface area contributed by atoms with Gasteiger partial charge in [-0.2, -0.15) is 0 Å². The van der Waals surface area contributed by atoms with Crippen molar-refractivity contribution in [1.29, 1.82) is 0 Å². The standard InChI is InChI=1S/C17H23N3O2S/c1-12-10-13(20(3)4)7-8-14(12)19-16(21)18-11-17(2,22)15-6-5-9-23-15/h5-10,22H,11H2,1-4H3,(H2,18,19,21). The topological polar surface area (TPSA) is 64.6 Å². The van der Waals surface area contributed by atoms with Gasteiger partial charge in [0.25, 0.3) is 0 Å². The number of nitrogens with zero attached hydrogens (tertiary/aromatic N) is 1. The Kier molecular flexibility index (Phi) is 5.28. The van der Waals surface area contributed by atoms with Gasteiger partial charge in [0.1, 0.15) is 5.60 Å². The van der Waals surface area contributed by atoms with E-state index >= 15 is 0 Å². The van der Waals surface area contributed by atoms with Crippen LogP contribution in [0.2, 0.25) is 0 Å². The van der Waals surface area contributed by atoms with E-state index in [9.17, 15) is 9.90 Å². The van der Waals surface area contributed by atoms with Crippen molar-refractivity contribution in [3.63, 3.8) is 0 Å². The second-order valence-electron chi connectivity index (χ2n) is 5.95. The van der Waals surface area contributed by atoms with E-state index in [-0.39, 0.29) is 12.6 Å². The van der Waals surface area contributed by atoms with Gasteiger partial charge < -0.3 is 20.6 Å². The van der Waals surface area contributed by atoms with E-state index in [4.69, 9.17) is 0 Å². The molecule has 1 aromatic heterocycles. The number of thiophene rings is 1. The van der Waals surface area contributed by atoms with E-state index in [0.29, 0.717) is 0 Å². The smallest absolute Gasteiger partial charge is 0.319 e. The number of aryl methyl sites for hydroxylation is 1. The number of nitrogens with one attached hydrogen (secondary N) is 2. The Labute approximate surface area is 140 Å². The molecule has 0 aliphatic heterocycles. The minimum Gasteiger partial charge on any atom is -0.383 e.